The minimum absolute atomic E-state index is 0.0428. The lowest BCUT2D eigenvalue weighted by molar-refractivity contribution is -0.384. The molecule has 3 rings (SSSR count). The lowest BCUT2D eigenvalue weighted by Crippen LogP contribution is -2.29. The van der Waals surface area contributed by atoms with Crippen LogP contribution in [-0.4, -0.2) is 41.4 Å². The van der Waals surface area contributed by atoms with Crippen LogP contribution in [0.4, 0.5) is 5.69 Å². The van der Waals surface area contributed by atoms with Gasteiger partial charge < -0.3 is 14.8 Å². The van der Waals surface area contributed by atoms with Gasteiger partial charge in [0.05, 0.1) is 30.5 Å². The third-order valence-corrected chi connectivity index (χ3v) is 4.60. The number of nitrogens with one attached hydrogen (secondary N) is 1. The van der Waals surface area contributed by atoms with Gasteiger partial charge in [0.2, 0.25) is 0 Å². The summed E-state index contributed by atoms with van der Waals surface area (Å²) in [5.74, 6) is 1.16. The SMILES string of the molecule is COc1ccc(-c2cc(C(=O)NCC(C)C)n(-c3ccc([N+](=O)[O-])cc3)n2)c(OC)c1. The van der Waals surface area contributed by atoms with E-state index in [4.69, 9.17) is 9.47 Å². The first kappa shape index (κ1) is 21.8. The number of amides is 1. The van der Waals surface area contributed by atoms with E-state index in [0.29, 0.717) is 40.7 Å². The standard InChI is InChI=1S/C22H24N4O5/c1-14(2)13-23-22(27)20-12-19(18-10-9-17(30-3)11-21(18)31-4)24-25(20)15-5-7-16(8-6-15)26(28)29/h5-12,14H,13H2,1-4H3,(H,23,27). The number of carbonyl (C=O) groups is 1. The molecule has 2 aromatic carbocycles. The predicted octanol–water partition coefficient (Wildman–Crippen LogP) is 3.85. The van der Waals surface area contributed by atoms with Crippen LogP contribution in [0.2, 0.25) is 0 Å². The fourth-order valence-electron chi connectivity index (χ4n) is 2.98. The molecule has 1 aromatic heterocycles. The van der Waals surface area contributed by atoms with Gasteiger partial charge in [-0.15, -0.1) is 0 Å². The van der Waals surface area contributed by atoms with Crippen LogP contribution in [0, 0.1) is 16.0 Å². The quantitative estimate of drug-likeness (QED) is 0.435. The van der Waals surface area contributed by atoms with Crippen molar-refractivity contribution in [2.45, 2.75) is 13.8 Å². The average Bonchev–Trinajstić information content (AvgIpc) is 3.22. The van der Waals surface area contributed by atoms with E-state index in [2.05, 4.69) is 10.4 Å². The van der Waals surface area contributed by atoms with Gasteiger partial charge in [0.1, 0.15) is 17.2 Å². The second-order valence-corrected chi connectivity index (χ2v) is 7.27. The van der Waals surface area contributed by atoms with Gasteiger partial charge in [0.25, 0.3) is 11.6 Å². The predicted molar refractivity (Wildman–Crippen MR) is 116 cm³/mol. The summed E-state index contributed by atoms with van der Waals surface area (Å²) in [5.41, 5.74) is 1.99. The van der Waals surface area contributed by atoms with Crippen LogP contribution in [0.25, 0.3) is 16.9 Å². The van der Waals surface area contributed by atoms with Gasteiger partial charge in [0.15, 0.2) is 0 Å². The molecule has 31 heavy (non-hydrogen) atoms. The molecular formula is C22H24N4O5. The Balaban J connectivity index is 2.09. The van der Waals surface area contributed by atoms with Crippen molar-refractivity contribution < 1.29 is 19.2 Å². The van der Waals surface area contributed by atoms with Crippen LogP contribution in [0.3, 0.4) is 0 Å². The highest BCUT2D eigenvalue weighted by Gasteiger charge is 2.20. The van der Waals surface area contributed by atoms with E-state index in [1.165, 1.54) is 16.8 Å². The fourth-order valence-corrected chi connectivity index (χ4v) is 2.98. The van der Waals surface area contributed by atoms with Crippen LogP contribution in [0.1, 0.15) is 24.3 Å². The molecule has 0 aliphatic carbocycles. The van der Waals surface area contributed by atoms with Crippen LogP contribution in [-0.2, 0) is 0 Å². The van der Waals surface area contributed by atoms with Crippen LogP contribution in [0.5, 0.6) is 11.5 Å². The summed E-state index contributed by atoms with van der Waals surface area (Å²) in [7, 11) is 3.11. The van der Waals surface area contributed by atoms with E-state index in [1.54, 1.807) is 50.6 Å². The highest BCUT2D eigenvalue weighted by atomic mass is 16.6. The third-order valence-electron chi connectivity index (χ3n) is 4.60. The Morgan fingerprint density at radius 1 is 1.13 bits per heavy atom. The zero-order valence-electron chi connectivity index (χ0n) is 17.8. The smallest absolute Gasteiger partial charge is 0.270 e. The third kappa shape index (κ3) is 4.82. The molecule has 1 heterocycles. The monoisotopic (exact) mass is 424 g/mol. The second kappa shape index (κ2) is 9.29. The number of nitrogens with zero attached hydrogens (tertiary/aromatic N) is 3. The number of rotatable bonds is 8. The summed E-state index contributed by atoms with van der Waals surface area (Å²) in [4.78, 5) is 23.4. The second-order valence-electron chi connectivity index (χ2n) is 7.27. The van der Waals surface area contributed by atoms with E-state index in [1.807, 2.05) is 13.8 Å². The van der Waals surface area contributed by atoms with Crippen molar-refractivity contribution in [2.24, 2.45) is 5.92 Å². The molecule has 0 bridgehead atoms. The number of hydrogen-bond donors (Lipinski definition) is 1. The zero-order chi connectivity index (χ0) is 22.5. The number of benzene rings is 2. The zero-order valence-corrected chi connectivity index (χ0v) is 17.8. The van der Waals surface area contributed by atoms with Crippen molar-refractivity contribution in [3.05, 3.63) is 64.3 Å². The van der Waals surface area contributed by atoms with Gasteiger partial charge in [-0.2, -0.15) is 5.10 Å². The number of aromatic nitrogens is 2. The Hall–Kier alpha value is -3.88. The first-order valence-corrected chi connectivity index (χ1v) is 9.69. The van der Waals surface area contributed by atoms with Gasteiger partial charge in [-0.25, -0.2) is 4.68 Å². The van der Waals surface area contributed by atoms with E-state index in [0.717, 1.165) is 0 Å². The van der Waals surface area contributed by atoms with Crippen molar-refractivity contribution in [3.63, 3.8) is 0 Å². The molecule has 0 aliphatic heterocycles. The summed E-state index contributed by atoms with van der Waals surface area (Å²) >= 11 is 0. The van der Waals surface area contributed by atoms with Gasteiger partial charge in [-0.3, -0.25) is 14.9 Å². The van der Waals surface area contributed by atoms with Gasteiger partial charge in [-0.05, 0) is 36.2 Å². The summed E-state index contributed by atoms with van der Waals surface area (Å²) in [6.45, 7) is 4.51. The maximum absolute atomic E-state index is 12.9. The Kier molecular flexibility index (Phi) is 6.54. The molecule has 0 spiro atoms. The minimum Gasteiger partial charge on any atom is -0.497 e. The summed E-state index contributed by atoms with van der Waals surface area (Å²) < 4.78 is 12.2. The normalized spacial score (nSPS) is 10.7. The molecule has 0 unspecified atom stereocenters. The molecule has 162 valence electrons. The number of non-ortho nitro benzene ring substituents is 1. The molecule has 0 atom stereocenters. The molecule has 0 saturated carbocycles. The van der Waals surface area contributed by atoms with Crippen molar-refractivity contribution in [2.75, 3.05) is 20.8 Å². The van der Waals surface area contributed by atoms with Crippen LogP contribution in [0.15, 0.2) is 48.5 Å². The molecule has 0 radical (unpaired) electrons. The molecule has 0 fully saturated rings. The molecule has 1 amide bonds. The molecule has 1 N–H and O–H groups in total. The average molecular weight is 424 g/mol. The Bertz CT molecular complexity index is 1090. The first-order valence-electron chi connectivity index (χ1n) is 9.69. The Morgan fingerprint density at radius 2 is 1.84 bits per heavy atom. The van der Waals surface area contributed by atoms with E-state index >= 15 is 0 Å². The lowest BCUT2D eigenvalue weighted by Gasteiger charge is -2.10. The lowest BCUT2D eigenvalue weighted by atomic mass is 10.1. The van der Waals surface area contributed by atoms with Crippen molar-refractivity contribution in [1.29, 1.82) is 0 Å². The Morgan fingerprint density at radius 3 is 2.42 bits per heavy atom. The number of nitro benzene ring substituents is 1. The van der Waals surface area contributed by atoms with Gasteiger partial charge in [-0.1, -0.05) is 13.8 Å². The van der Waals surface area contributed by atoms with Crippen molar-refractivity contribution >= 4 is 11.6 Å². The molecule has 9 nitrogen and oxygen atoms in total. The topological polar surface area (TPSA) is 109 Å². The first-order chi connectivity index (χ1) is 14.8. The van der Waals surface area contributed by atoms with E-state index in [-0.39, 0.29) is 17.5 Å². The highest BCUT2D eigenvalue weighted by molar-refractivity contribution is 5.94. The number of ether oxygens (including phenoxy) is 2. The number of nitro groups is 1. The maximum atomic E-state index is 12.9. The number of methoxy groups -OCH3 is 2. The van der Waals surface area contributed by atoms with Gasteiger partial charge in [0, 0.05) is 30.3 Å². The summed E-state index contributed by atoms with van der Waals surface area (Å²) in [5, 5.41) is 18.5. The number of carbonyl (C=O) groups excluding carboxylic acids is 1. The highest BCUT2D eigenvalue weighted by Crippen LogP contribution is 2.33. The molecule has 0 saturated heterocycles. The van der Waals surface area contributed by atoms with E-state index < -0.39 is 4.92 Å². The fraction of sp³-hybridized carbons (Fsp3) is 0.273. The molecule has 9 heteroatoms. The van der Waals surface area contributed by atoms with Crippen molar-refractivity contribution in [3.8, 4) is 28.4 Å². The summed E-state index contributed by atoms with van der Waals surface area (Å²) in [6.07, 6.45) is 0. The minimum atomic E-state index is -0.475. The van der Waals surface area contributed by atoms with E-state index in [9.17, 15) is 14.9 Å². The van der Waals surface area contributed by atoms with Gasteiger partial charge >= 0.3 is 0 Å². The van der Waals surface area contributed by atoms with Crippen molar-refractivity contribution in [1.82, 2.24) is 15.1 Å². The molecular weight excluding hydrogens is 400 g/mol. The largest absolute Gasteiger partial charge is 0.497 e. The molecule has 3 aromatic rings. The Labute approximate surface area is 179 Å². The number of hydrogen-bond acceptors (Lipinski definition) is 6. The summed E-state index contributed by atoms with van der Waals surface area (Å²) in [6, 6.07) is 12.8. The maximum Gasteiger partial charge on any atom is 0.270 e. The van der Waals surface area contributed by atoms with Crippen LogP contribution < -0.4 is 14.8 Å². The van der Waals surface area contributed by atoms with Crippen LogP contribution >= 0.6 is 0 Å². The molecule has 0 aliphatic rings.